The van der Waals surface area contributed by atoms with Crippen LogP contribution in [0.25, 0.3) is 10.9 Å². The minimum atomic E-state index is -0.436. The van der Waals surface area contributed by atoms with E-state index < -0.39 is 4.92 Å². The summed E-state index contributed by atoms with van der Waals surface area (Å²) in [5, 5.41) is 11.4. The molecule has 1 aromatic carbocycles. The predicted molar refractivity (Wildman–Crippen MR) is 65.2 cm³/mol. The van der Waals surface area contributed by atoms with E-state index in [1.807, 2.05) is 6.92 Å². The van der Waals surface area contributed by atoms with E-state index in [-0.39, 0.29) is 11.2 Å². The van der Waals surface area contributed by atoms with Crippen LogP contribution < -0.4 is 5.56 Å². The maximum atomic E-state index is 11.7. The molecule has 88 valence electrons. The first kappa shape index (κ1) is 11.3. The van der Waals surface area contributed by atoms with Crippen molar-refractivity contribution in [1.29, 1.82) is 0 Å². The van der Waals surface area contributed by atoms with Crippen LogP contribution in [0.2, 0.25) is 0 Å². The van der Waals surface area contributed by atoms with Crippen molar-refractivity contribution in [2.75, 3.05) is 0 Å². The fourth-order valence-electron chi connectivity index (χ4n) is 1.86. The van der Waals surface area contributed by atoms with Gasteiger partial charge in [-0.2, -0.15) is 0 Å². The highest BCUT2D eigenvalue weighted by Crippen LogP contribution is 2.19. The largest absolute Gasteiger partial charge is 0.308 e. The van der Waals surface area contributed by atoms with E-state index in [1.54, 1.807) is 16.7 Å². The third-order valence-electron chi connectivity index (χ3n) is 2.63. The van der Waals surface area contributed by atoms with Crippen molar-refractivity contribution in [2.24, 2.45) is 0 Å². The fraction of sp³-hybridized carbons (Fsp3) is 0.250. The molecule has 5 nitrogen and oxygen atoms in total. The lowest BCUT2D eigenvalue weighted by Crippen LogP contribution is -2.18. The van der Waals surface area contributed by atoms with Crippen molar-refractivity contribution in [3.63, 3.8) is 0 Å². The van der Waals surface area contributed by atoms with E-state index in [9.17, 15) is 14.9 Å². The lowest BCUT2D eigenvalue weighted by atomic mass is 10.2. The average molecular weight is 232 g/mol. The molecule has 0 fully saturated rings. The molecule has 1 aromatic heterocycles. The summed E-state index contributed by atoms with van der Waals surface area (Å²) in [6.45, 7) is 2.60. The molecular weight excluding hydrogens is 220 g/mol. The Hall–Kier alpha value is -2.17. The molecule has 2 aromatic rings. The molecular formula is C12H12N2O3. The number of hydrogen-bond donors (Lipinski definition) is 0. The minimum absolute atomic E-state index is 0.0409. The van der Waals surface area contributed by atoms with E-state index in [0.29, 0.717) is 11.9 Å². The standard InChI is InChI=1S/C12H12N2O3/c1-2-7-13-11-5-4-10(14(16)17)8-9(11)3-6-12(13)15/h3-6,8H,2,7H2,1H3. The molecule has 5 heteroatoms. The van der Waals surface area contributed by atoms with Gasteiger partial charge in [0.15, 0.2) is 0 Å². The molecule has 17 heavy (non-hydrogen) atoms. The number of nitro benzene ring substituents is 1. The van der Waals surface area contributed by atoms with E-state index in [1.165, 1.54) is 18.2 Å². The normalized spacial score (nSPS) is 10.6. The summed E-state index contributed by atoms with van der Waals surface area (Å²) >= 11 is 0. The average Bonchev–Trinajstić information content (AvgIpc) is 2.32. The summed E-state index contributed by atoms with van der Waals surface area (Å²) in [7, 11) is 0. The molecule has 0 saturated heterocycles. The van der Waals surface area contributed by atoms with Crippen LogP contribution in [0, 0.1) is 10.1 Å². The molecule has 0 spiro atoms. The Morgan fingerprint density at radius 1 is 1.29 bits per heavy atom. The number of aryl methyl sites for hydroxylation is 1. The summed E-state index contributed by atoms with van der Waals surface area (Å²) < 4.78 is 1.64. The van der Waals surface area contributed by atoms with Gasteiger partial charge in [-0.3, -0.25) is 14.9 Å². The number of non-ortho nitro benzene ring substituents is 1. The van der Waals surface area contributed by atoms with Crippen LogP contribution in [0.15, 0.2) is 35.1 Å². The zero-order chi connectivity index (χ0) is 12.4. The maximum Gasteiger partial charge on any atom is 0.270 e. The number of nitro groups is 1. The Balaban J connectivity index is 2.70. The number of pyridine rings is 1. The summed E-state index contributed by atoms with van der Waals surface area (Å²) in [4.78, 5) is 21.9. The van der Waals surface area contributed by atoms with Crippen LogP contribution in [-0.4, -0.2) is 9.49 Å². The summed E-state index contributed by atoms with van der Waals surface area (Å²) in [5.41, 5.74) is 0.706. The molecule has 2 rings (SSSR count). The number of nitrogens with zero attached hydrogens (tertiary/aromatic N) is 2. The van der Waals surface area contributed by atoms with E-state index in [0.717, 1.165) is 11.9 Å². The monoisotopic (exact) mass is 232 g/mol. The quantitative estimate of drug-likeness (QED) is 0.602. The van der Waals surface area contributed by atoms with Crippen molar-refractivity contribution >= 4 is 16.6 Å². The van der Waals surface area contributed by atoms with Gasteiger partial charge in [0.2, 0.25) is 0 Å². The van der Waals surface area contributed by atoms with E-state index >= 15 is 0 Å². The van der Waals surface area contributed by atoms with Crippen LogP contribution in [-0.2, 0) is 6.54 Å². The maximum absolute atomic E-state index is 11.7. The van der Waals surface area contributed by atoms with E-state index in [2.05, 4.69) is 0 Å². The number of benzene rings is 1. The van der Waals surface area contributed by atoms with Crippen LogP contribution in [0.4, 0.5) is 5.69 Å². The SMILES string of the molecule is CCCn1c(=O)ccc2cc([N+](=O)[O-])ccc21. The third-order valence-corrected chi connectivity index (χ3v) is 2.63. The Bertz CT molecular complexity index is 631. The van der Waals surface area contributed by atoms with Gasteiger partial charge in [-0.05, 0) is 18.6 Å². The molecule has 0 radical (unpaired) electrons. The second-order valence-electron chi connectivity index (χ2n) is 3.82. The van der Waals surface area contributed by atoms with Gasteiger partial charge < -0.3 is 4.57 Å². The molecule has 0 unspecified atom stereocenters. The Labute approximate surface area is 97.5 Å². The summed E-state index contributed by atoms with van der Waals surface area (Å²) in [5.74, 6) is 0. The number of rotatable bonds is 3. The molecule has 0 aliphatic rings. The van der Waals surface area contributed by atoms with Crippen molar-refractivity contribution < 1.29 is 4.92 Å². The van der Waals surface area contributed by atoms with Crippen molar-refractivity contribution in [1.82, 2.24) is 4.57 Å². The van der Waals surface area contributed by atoms with Crippen LogP contribution in [0.3, 0.4) is 0 Å². The highest BCUT2D eigenvalue weighted by atomic mass is 16.6. The van der Waals surface area contributed by atoms with Crippen molar-refractivity contribution in [2.45, 2.75) is 19.9 Å². The lowest BCUT2D eigenvalue weighted by Gasteiger charge is -2.08. The van der Waals surface area contributed by atoms with Crippen LogP contribution in [0.5, 0.6) is 0 Å². The third kappa shape index (κ3) is 2.04. The Kier molecular flexibility index (Phi) is 2.91. The highest BCUT2D eigenvalue weighted by Gasteiger charge is 2.08. The molecule has 0 bridgehead atoms. The van der Waals surface area contributed by atoms with E-state index in [4.69, 9.17) is 0 Å². The number of aromatic nitrogens is 1. The first-order valence-electron chi connectivity index (χ1n) is 5.41. The van der Waals surface area contributed by atoms with Gasteiger partial charge in [0.25, 0.3) is 11.2 Å². The predicted octanol–water partition coefficient (Wildman–Crippen LogP) is 2.32. The fourth-order valence-corrected chi connectivity index (χ4v) is 1.86. The minimum Gasteiger partial charge on any atom is -0.308 e. The topological polar surface area (TPSA) is 65.1 Å². The Morgan fingerprint density at radius 2 is 2.06 bits per heavy atom. The zero-order valence-corrected chi connectivity index (χ0v) is 9.42. The second-order valence-corrected chi connectivity index (χ2v) is 3.82. The van der Waals surface area contributed by atoms with Gasteiger partial charge in [0.1, 0.15) is 0 Å². The van der Waals surface area contributed by atoms with Gasteiger partial charge in [0, 0.05) is 30.1 Å². The number of hydrogen-bond acceptors (Lipinski definition) is 3. The van der Waals surface area contributed by atoms with Crippen molar-refractivity contribution in [3.8, 4) is 0 Å². The van der Waals surface area contributed by atoms with Crippen LogP contribution in [0.1, 0.15) is 13.3 Å². The Morgan fingerprint density at radius 3 is 2.71 bits per heavy atom. The molecule has 0 aliphatic carbocycles. The summed E-state index contributed by atoms with van der Waals surface area (Å²) in [6.07, 6.45) is 0.843. The molecule has 1 heterocycles. The molecule has 0 amide bonds. The number of fused-ring (bicyclic) bond motifs is 1. The molecule has 0 N–H and O–H groups in total. The smallest absolute Gasteiger partial charge is 0.270 e. The molecule has 0 atom stereocenters. The zero-order valence-electron chi connectivity index (χ0n) is 9.42. The first-order chi connectivity index (χ1) is 8.13. The molecule has 0 aliphatic heterocycles. The molecule has 0 saturated carbocycles. The first-order valence-corrected chi connectivity index (χ1v) is 5.41. The lowest BCUT2D eigenvalue weighted by molar-refractivity contribution is -0.384. The summed E-state index contributed by atoms with van der Waals surface area (Å²) in [6, 6.07) is 7.61. The van der Waals surface area contributed by atoms with Gasteiger partial charge in [-0.1, -0.05) is 6.92 Å². The highest BCUT2D eigenvalue weighted by molar-refractivity contribution is 5.81. The van der Waals surface area contributed by atoms with Gasteiger partial charge in [-0.15, -0.1) is 0 Å². The second kappa shape index (κ2) is 4.37. The van der Waals surface area contributed by atoms with Gasteiger partial charge in [0.05, 0.1) is 10.4 Å². The van der Waals surface area contributed by atoms with Gasteiger partial charge >= 0.3 is 0 Å². The van der Waals surface area contributed by atoms with Crippen molar-refractivity contribution in [3.05, 3.63) is 50.8 Å². The van der Waals surface area contributed by atoms with Crippen LogP contribution >= 0.6 is 0 Å². The van der Waals surface area contributed by atoms with Gasteiger partial charge in [-0.25, -0.2) is 0 Å².